The molecule has 0 fully saturated rings. The number of aromatic nitrogens is 1. The first-order valence-corrected chi connectivity index (χ1v) is 7.23. The average Bonchev–Trinajstić information content (AvgIpc) is 2.50. The predicted octanol–water partition coefficient (Wildman–Crippen LogP) is 1.27. The van der Waals surface area contributed by atoms with Crippen LogP contribution in [0.2, 0.25) is 0 Å². The molecule has 0 atom stereocenters. The number of carbonyl (C=O) groups is 1. The van der Waals surface area contributed by atoms with Gasteiger partial charge < -0.3 is 15.2 Å². The maximum absolute atomic E-state index is 12.3. The van der Waals surface area contributed by atoms with Crippen LogP contribution in [0.25, 0.3) is 10.9 Å². The van der Waals surface area contributed by atoms with E-state index in [9.17, 15) is 9.59 Å². The third-order valence-corrected chi connectivity index (χ3v) is 3.41. The normalized spacial score (nSPS) is 10.8. The van der Waals surface area contributed by atoms with Gasteiger partial charge in [-0.15, -0.1) is 0 Å². The van der Waals surface area contributed by atoms with Gasteiger partial charge >= 0.3 is 0 Å². The topological polar surface area (TPSA) is 63.1 Å². The van der Waals surface area contributed by atoms with E-state index in [0.29, 0.717) is 12.1 Å². The highest BCUT2D eigenvalue weighted by Crippen LogP contribution is 2.15. The smallest absolute Gasteiger partial charge is 0.252 e. The van der Waals surface area contributed by atoms with Gasteiger partial charge in [0.05, 0.1) is 11.1 Å². The minimum absolute atomic E-state index is 0.178. The molecule has 112 valence electrons. The Labute approximate surface area is 124 Å². The lowest BCUT2D eigenvalue weighted by atomic mass is 10.1. The summed E-state index contributed by atoms with van der Waals surface area (Å²) in [4.78, 5) is 24.2. The van der Waals surface area contributed by atoms with Gasteiger partial charge in [-0.25, -0.2) is 0 Å². The lowest BCUT2D eigenvalue weighted by molar-refractivity contribution is 0.0955. The minimum atomic E-state index is -0.206. The molecule has 2 rings (SSSR count). The van der Waals surface area contributed by atoms with Crippen LogP contribution in [0.1, 0.15) is 23.7 Å². The van der Waals surface area contributed by atoms with E-state index in [-0.39, 0.29) is 11.5 Å². The number of nitrogens with zero attached hydrogens (tertiary/aromatic N) is 1. The van der Waals surface area contributed by atoms with Crippen molar-refractivity contribution in [2.75, 3.05) is 19.6 Å². The van der Waals surface area contributed by atoms with E-state index in [0.717, 1.165) is 30.4 Å². The van der Waals surface area contributed by atoms with Crippen molar-refractivity contribution in [2.24, 2.45) is 7.05 Å². The number of amides is 1. The maximum Gasteiger partial charge on any atom is 0.252 e. The van der Waals surface area contributed by atoms with Crippen LogP contribution in [0.5, 0.6) is 0 Å². The second kappa shape index (κ2) is 7.04. The third kappa shape index (κ3) is 3.49. The molecule has 1 aromatic heterocycles. The van der Waals surface area contributed by atoms with Crippen molar-refractivity contribution >= 4 is 16.8 Å². The molecule has 1 amide bonds. The first-order chi connectivity index (χ1) is 10.1. The number of aryl methyl sites for hydroxylation is 1. The molecule has 2 N–H and O–H groups in total. The first kappa shape index (κ1) is 15.3. The molecule has 5 heteroatoms. The van der Waals surface area contributed by atoms with Crippen LogP contribution in [-0.4, -0.2) is 30.1 Å². The Bertz CT molecular complexity index is 691. The summed E-state index contributed by atoms with van der Waals surface area (Å²) in [5, 5.41) is 6.86. The van der Waals surface area contributed by atoms with Gasteiger partial charge in [0, 0.05) is 31.6 Å². The fourth-order valence-electron chi connectivity index (χ4n) is 2.26. The monoisotopic (exact) mass is 287 g/mol. The molecule has 0 aliphatic rings. The average molecular weight is 287 g/mol. The van der Waals surface area contributed by atoms with Gasteiger partial charge in [-0.2, -0.15) is 0 Å². The maximum atomic E-state index is 12.3. The van der Waals surface area contributed by atoms with Crippen molar-refractivity contribution in [1.29, 1.82) is 0 Å². The number of fused-ring (bicyclic) bond motifs is 1. The molecular formula is C16H21N3O2. The lowest BCUT2D eigenvalue weighted by Crippen LogP contribution is -2.33. The molecule has 0 radical (unpaired) electrons. The lowest BCUT2D eigenvalue weighted by Gasteiger charge is -2.10. The van der Waals surface area contributed by atoms with E-state index in [4.69, 9.17) is 0 Å². The summed E-state index contributed by atoms with van der Waals surface area (Å²) in [7, 11) is 1.71. The Kier molecular flexibility index (Phi) is 5.11. The van der Waals surface area contributed by atoms with Crippen molar-refractivity contribution < 1.29 is 4.79 Å². The van der Waals surface area contributed by atoms with Crippen LogP contribution >= 0.6 is 0 Å². The molecule has 0 unspecified atom stereocenters. The number of hydrogen-bond donors (Lipinski definition) is 2. The van der Waals surface area contributed by atoms with Crippen LogP contribution in [0.4, 0.5) is 0 Å². The highest BCUT2D eigenvalue weighted by Gasteiger charge is 2.12. The zero-order valence-electron chi connectivity index (χ0n) is 12.5. The molecule has 0 aliphatic carbocycles. The Morgan fingerprint density at radius 1 is 1.19 bits per heavy atom. The zero-order chi connectivity index (χ0) is 15.2. The van der Waals surface area contributed by atoms with Gasteiger partial charge in [0.1, 0.15) is 0 Å². The highest BCUT2D eigenvalue weighted by atomic mass is 16.2. The number of rotatable bonds is 6. The highest BCUT2D eigenvalue weighted by molar-refractivity contribution is 6.06. The number of pyridine rings is 1. The number of benzene rings is 1. The molecular weight excluding hydrogens is 266 g/mol. The van der Waals surface area contributed by atoms with E-state index < -0.39 is 0 Å². The number of nitrogens with one attached hydrogen (secondary N) is 2. The van der Waals surface area contributed by atoms with Crippen LogP contribution in [0.3, 0.4) is 0 Å². The Hall–Kier alpha value is -2.14. The largest absolute Gasteiger partial charge is 0.351 e. The number of para-hydroxylation sites is 1. The van der Waals surface area contributed by atoms with Crippen molar-refractivity contribution in [2.45, 2.75) is 13.3 Å². The standard InChI is InChI=1S/C16H21N3O2/c1-3-8-17-9-10-18-16(21)13-11-15(20)19(2)14-7-5-4-6-12(13)14/h4-7,11,17H,3,8-10H2,1-2H3,(H,18,21). The third-order valence-electron chi connectivity index (χ3n) is 3.41. The molecule has 5 nitrogen and oxygen atoms in total. The second-order valence-corrected chi connectivity index (χ2v) is 4.98. The fourth-order valence-corrected chi connectivity index (χ4v) is 2.26. The predicted molar refractivity (Wildman–Crippen MR) is 84.7 cm³/mol. The molecule has 1 heterocycles. The first-order valence-electron chi connectivity index (χ1n) is 7.23. The Morgan fingerprint density at radius 2 is 1.95 bits per heavy atom. The van der Waals surface area contributed by atoms with Gasteiger partial charge in [0.2, 0.25) is 0 Å². The van der Waals surface area contributed by atoms with Gasteiger partial charge in [-0.3, -0.25) is 9.59 Å². The van der Waals surface area contributed by atoms with Crippen LogP contribution in [-0.2, 0) is 7.05 Å². The molecule has 21 heavy (non-hydrogen) atoms. The van der Waals surface area contributed by atoms with Crippen molar-refractivity contribution in [1.82, 2.24) is 15.2 Å². The summed E-state index contributed by atoms with van der Waals surface area (Å²) in [6, 6.07) is 8.83. The molecule has 0 bridgehead atoms. The summed E-state index contributed by atoms with van der Waals surface area (Å²) in [5.41, 5.74) is 1.02. The molecule has 0 saturated carbocycles. The summed E-state index contributed by atoms with van der Waals surface area (Å²) in [6.45, 7) is 4.30. The summed E-state index contributed by atoms with van der Waals surface area (Å²) >= 11 is 0. The molecule has 1 aromatic carbocycles. The quantitative estimate of drug-likeness (QED) is 0.786. The Balaban J connectivity index is 2.20. The minimum Gasteiger partial charge on any atom is -0.351 e. The van der Waals surface area contributed by atoms with Crippen molar-refractivity contribution in [3.8, 4) is 0 Å². The Morgan fingerprint density at radius 3 is 2.71 bits per heavy atom. The van der Waals surface area contributed by atoms with Gasteiger partial charge in [-0.1, -0.05) is 25.1 Å². The fraction of sp³-hybridized carbons (Fsp3) is 0.375. The van der Waals surface area contributed by atoms with Gasteiger partial charge in [0.25, 0.3) is 11.5 Å². The van der Waals surface area contributed by atoms with E-state index in [1.807, 2.05) is 24.3 Å². The van der Waals surface area contributed by atoms with Crippen molar-refractivity contribution in [3.05, 3.63) is 46.2 Å². The van der Waals surface area contributed by atoms with E-state index >= 15 is 0 Å². The van der Waals surface area contributed by atoms with E-state index in [1.54, 1.807) is 11.6 Å². The van der Waals surface area contributed by atoms with Gasteiger partial charge in [-0.05, 0) is 19.0 Å². The molecule has 0 saturated heterocycles. The zero-order valence-corrected chi connectivity index (χ0v) is 12.5. The van der Waals surface area contributed by atoms with E-state index in [2.05, 4.69) is 17.6 Å². The van der Waals surface area contributed by atoms with Crippen LogP contribution in [0, 0.1) is 0 Å². The SMILES string of the molecule is CCCNCCNC(=O)c1cc(=O)n(C)c2ccccc12. The van der Waals surface area contributed by atoms with Crippen LogP contribution < -0.4 is 16.2 Å². The molecule has 0 aliphatic heterocycles. The number of carbonyl (C=O) groups excluding carboxylic acids is 1. The summed E-state index contributed by atoms with van der Waals surface area (Å²) in [5.74, 6) is -0.206. The van der Waals surface area contributed by atoms with E-state index in [1.165, 1.54) is 6.07 Å². The summed E-state index contributed by atoms with van der Waals surface area (Å²) in [6.07, 6.45) is 1.06. The second-order valence-electron chi connectivity index (χ2n) is 4.98. The summed E-state index contributed by atoms with van der Waals surface area (Å²) < 4.78 is 1.55. The molecule has 0 spiro atoms. The number of hydrogen-bond acceptors (Lipinski definition) is 3. The molecule has 2 aromatic rings. The van der Waals surface area contributed by atoms with Gasteiger partial charge in [0.15, 0.2) is 0 Å². The van der Waals surface area contributed by atoms with Crippen LogP contribution in [0.15, 0.2) is 35.1 Å². The van der Waals surface area contributed by atoms with Crippen molar-refractivity contribution in [3.63, 3.8) is 0 Å².